The highest BCUT2D eigenvalue weighted by molar-refractivity contribution is 7.12. The molecular formula is C17H18ClFOS. The van der Waals surface area contributed by atoms with Crippen molar-refractivity contribution < 1.29 is 9.50 Å². The molecule has 1 aliphatic carbocycles. The van der Waals surface area contributed by atoms with Crippen LogP contribution < -0.4 is 0 Å². The van der Waals surface area contributed by atoms with Gasteiger partial charge in [0.05, 0.1) is 0 Å². The number of hydrogen-bond acceptors (Lipinski definition) is 2. The van der Waals surface area contributed by atoms with Gasteiger partial charge in [0.1, 0.15) is 11.9 Å². The van der Waals surface area contributed by atoms with Crippen molar-refractivity contribution >= 4 is 22.9 Å². The number of thiophene rings is 1. The lowest BCUT2D eigenvalue weighted by atomic mass is 10.0. The summed E-state index contributed by atoms with van der Waals surface area (Å²) in [5.74, 6) is -0.335. The van der Waals surface area contributed by atoms with Gasteiger partial charge in [-0.1, -0.05) is 18.0 Å². The first kappa shape index (κ1) is 15.0. The summed E-state index contributed by atoms with van der Waals surface area (Å²) < 4.78 is 13.5. The van der Waals surface area contributed by atoms with E-state index >= 15 is 0 Å². The van der Waals surface area contributed by atoms with Crippen LogP contribution in [0.3, 0.4) is 0 Å². The van der Waals surface area contributed by atoms with Gasteiger partial charge in [-0.25, -0.2) is 4.39 Å². The van der Waals surface area contributed by atoms with Gasteiger partial charge >= 0.3 is 0 Å². The van der Waals surface area contributed by atoms with E-state index < -0.39 is 6.10 Å². The van der Waals surface area contributed by atoms with Crippen LogP contribution in [-0.2, 0) is 12.8 Å². The van der Waals surface area contributed by atoms with E-state index in [1.165, 1.54) is 35.8 Å². The fourth-order valence-electron chi connectivity index (χ4n) is 2.87. The Morgan fingerprint density at radius 1 is 1.19 bits per heavy atom. The standard InChI is InChI=1S/C17H18ClFOS/c1-10-7-12(13(18)9-14(10)19)17(20)16-8-11-5-3-2-4-6-15(11)21-16/h7-9,17,20H,2-6H2,1H3. The van der Waals surface area contributed by atoms with Crippen LogP contribution in [-0.4, -0.2) is 5.11 Å². The normalized spacial score (nSPS) is 16.4. The fourth-order valence-corrected chi connectivity index (χ4v) is 4.38. The van der Waals surface area contributed by atoms with E-state index in [9.17, 15) is 9.50 Å². The van der Waals surface area contributed by atoms with Gasteiger partial charge in [-0.05, 0) is 61.9 Å². The van der Waals surface area contributed by atoms with Gasteiger partial charge < -0.3 is 5.11 Å². The topological polar surface area (TPSA) is 20.2 Å². The Balaban J connectivity index is 1.95. The molecule has 0 spiro atoms. The summed E-state index contributed by atoms with van der Waals surface area (Å²) in [5.41, 5.74) is 2.46. The lowest BCUT2D eigenvalue weighted by molar-refractivity contribution is 0.224. The van der Waals surface area contributed by atoms with Crippen molar-refractivity contribution in [1.82, 2.24) is 0 Å². The van der Waals surface area contributed by atoms with Crippen LogP contribution in [0.15, 0.2) is 18.2 Å². The smallest absolute Gasteiger partial charge is 0.127 e. The van der Waals surface area contributed by atoms with E-state index in [1.807, 2.05) is 0 Å². The third-order valence-corrected chi connectivity index (χ3v) is 5.72. The zero-order valence-corrected chi connectivity index (χ0v) is 13.5. The average Bonchev–Trinajstić information content (AvgIpc) is 2.73. The predicted molar refractivity (Wildman–Crippen MR) is 85.8 cm³/mol. The molecule has 1 aliphatic rings. The van der Waals surface area contributed by atoms with Gasteiger partial charge in [-0.3, -0.25) is 0 Å². The van der Waals surface area contributed by atoms with Crippen molar-refractivity contribution in [2.24, 2.45) is 0 Å². The monoisotopic (exact) mass is 324 g/mol. The Labute approximate surface area is 133 Å². The molecule has 0 bridgehead atoms. The molecule has 1 atom stereocenters. The first-order valence-electron chi connectivity index (χ1n) is 7.31. The first-order valence-corrected chi connectivity index (χ1v) is 8.51. The number of fused-ring (bicyclic) bond motifs is 1. The maximum Gasteiger partial charge on any atom is 0.127 e. The maximum atomic E-state index is 13.5. The van der Waals surface area contributed by atoms with Gasteiger partial charge in [0, 0.05) is 20.3 Å². The van der Waals surface area contributed by atoms with Crippen LogP contribution in [0.2, 0.25) is 5.02 Å². The Morgan fingerprint density at radius 3 is 2.76 bits per heavy atom. The first-order chi connectivity index (χ1) is 10.1. The summed E-state index contributed by atoms with van der Waals surface area (Å²) in [4.78, 5) is 2.30. The molecule has 1 nitrogen and oxygen atoms in total. The van der Waals surface area contributed by atoms with Crippen LogP contribution in [0.25, 0.3) is 0 Å². The van der Waals surface area contributed by atoms with E-state index in [-0.39, 0.29) is 10.8 Å². The Morgan fingerprint density at radius 2 is 1.95 bits per heavy atom. The lowest BCUT2D eigenvalue weighted by Gasteiger charge is -2.12. The van der Waals surface area contributed by atoms with Crippen LogP contribution in [0, 0.1) is 12.7 Å². The molecule has 0 aliphatic heterocycles. The molecule has 1 heterocycles. The molecule has 0 saturated carbocycles. The Kier molecular flexibility index (Phi) is 4.34. The number of hydrogen-bond donors (Lipinski definition) is 1. The number of aryl methyl sites for hydroxylation is 3. The van der Waals surface area contributed by atoms with Gasteiger partial charge in [-0.15, -0.1) is 11.3 Å². The van der Waals surface area contributed by atoms with E-state index in [0.717, 1.165) is 17.7 Å². The molecule has 1 unspecified atom stereocenters. The molecule has 3 rings (SSSR count). The van der Waals surface area contributed by atoms with Gasteiger partial charge in [0.25, 0.3) is 0 Å². The van der Waals surface area contributed by atoms with Crippen LogP contribution in [0.4, 0.5) is 4.39 Å². The molecule has 0 radical (unpaired) electrons. The highest BCUT2D eigenvalue weighted by Crippen LogP contribution is 2.37. The molecule has 0 saturated heterocycles. The van der Waals surface area contributed by atoms with E-state index in [4.69, 9.17) is 11.6 Å². The van der Waals surface area contributed by atoms with E-state index in [1.54, 1.807) is 24.3 Å². The molecule has 0 amide bonds. The van der Waals surface area contributed by atoms with Crippen molar-refractivity contribution in [2.75, 3.05) is 0 Å². The predicted octanol–water partition coefficient (Wildman–Crippen LogP) is 5.20. The lowest BCUT2D eigenvalue weighted by Crippen LogP contribution is -2.00. The summed E-state index contributed by atoms with van der Waals surface area (Å²) >= 11 is 7.77. The number of benzene rings is 1. The zero-order chi connectivity index (χ0) is 15.0. The molecule has 112 valence electrons. The quantitative estimate of drug-likeness (QED) is 0.753. The minimum Gasteiger partial charge on any atom is -0.383 e. The third-order valence-electron chi connectivity index (χ3n) is 4.11. The summed E-state index contributed by atoms with van der Waals surface area (Å²) in [5, 5.41) is 10.9. The Hall–Kier alpha value is -0.900. The minimum absolute atomic E-state index is 0.286. The second kappa shape index (κ2) is 6.07. The zero-order valence-electron chi connectivity index (χ0n) is 12.0. The molecule has 1 aromatic heterocycles. The SMILES string of the molecule is Cc1cc(C(O)c2cc3c(s2)CCCCC3)c(Cl)cc1F. The molecular weight excluding hydrogens is 307 g/mol. The molecule has 1 N–H and O–H groups in total. The summed E-state index contributed by atoms with van der Waals surface area (Å²) in [6.45, 7) is 1.69. The van der Waals surface area contributed by atoms with Gasteiger partial charge in [-0.2, -0.15) is 0 Å². The molecule has 1 aromatic carbocycles. The van der Waals surface area contributed by atoms with E-state index in [0.29, 0.717) is 11.1 Å². The second-order valence-electron chi connectivity index (χ2n) is 5.68. The van der Waals surface area contributed by atoms with Crippen molar-refractivity contribution in [3.05, 3.63) is 55.5 Å². The number of aliphatic hydroxyl groups is 1. The second-order valence-corrected chi connectivity index (χ2v) is 7.26. The van der Waals surface area contributed by atoms with Gasteiger partial charge in [0.2, 0.25) is 0 Å². The minimum atomic E-state index is -0.770. The fraction of sp³-hybridized carbons (Fsp3) is 0.412. The number of halogens is 2. The van der Waals surface area contributed by atoms with Crippen LogP contribution >= 0.6 is 22.9 Å². The molecule has 4 heteroatoms. The highest BCUT2D eigenvalue weighted by Gasteiger charge is 2.21. The summed E-state index contributed by atoms with van der Waals surface area (Å²) in [6, 6.07) is 5.03. The van der Waals surface area contributed by atoms with Crippen molar-refractivity contribution in [1.29, 1.82) is 0 Å². The third kappa shape index (κ3) is 3.01. The number of aliphatic hydroxyl groups excluding tert-OH is 1. The van der Waals surface area contributed by atoms with Gasteiger partial charge in [0.15, 0.2) is 0 Å². The van der Waals surface area contributed by atoms with Crippen molar-refractivity contribution in [2.45, 2.75) is 45.1 Å². The average molecular weight is 325 g/mol. The summed E-state index contributed by atoms with van der Waals surface area (Å²) in [7, 11) is 0. The molecule has 2 aromatic rings. The highest BCUT2D eigenvalue weighted by atomic mass is 35.5. The summed E-state index contributed by atoms with van der Waals surface area (Å²) in [6.07, 6.45) is 5.14. The largest absolute Gasteiger partial charge is 0.383 e. The molecule has 0 fully saturated rings. The van der Waals surface area contributed by atoms with Crippen molar-refractivity contribution in [3.8, 4) is 0 Å². The molecule has 21 heavy (non-hydrogen) atoms. The maximum absolute atomic E-state index is 13.5. The van der Waals surface area contributed by atoms with Crippen LogP contribution in [0.1, 0.15) is 51.8 Å². The van der Waals surface area contributed by atoms with Crippen LogP contribution in [0.5, 0.6) is 0 Å². The Bertz CT molecular complexity index is 642. The van der Waals surface area contributed by atoms with E-state index in [2.05, 4.69) is 6.07 Å². The number of rotatable bonds is 2. The van der Waals surface area contributed by atoms with Crippen molar-refractivity contribution in [3.63, 3.8) is 0 Å².